The van der Waals surface area contributed by atoms with E-state index in [9.17, 15) is 18.0 Å². The van der Waals surface area contributed by atoms with Crippen molar-refractivity contribution in [2.24, 2.45) is 0 Å². The van der Waals surface area contributed by atoms with Gasteiger partial charge in [0.25, 0.3) is 0 Å². The molecule has 0 saturated heterocycles. The van der Waals surface area contributed by atoms with E-state index in [1.165, 1.54) is 24.8 Å². The summed E-state index contributed by atoms with van der Waals surface area (Å²) in [4.78, 5) is 14.6. The first-order valence-corrected chi connectivity index (χ1v) is 9.84. The number of benzene rings is 2. The molecule has 0 aliphatic heterocycles. The van der Waals surface area contributed by atoms with Crippen LogP contribution in [0.25, 0.3) is 11.5 Å². The predicted molar refractivity (Wildman–Crippen MR) is 112 cm³/mol. The minimum atomic E-state index is -4.40. The Balaban J connectivity index is 0.00000114. The van der Waals surface area contributed by atoms with E-state index in [1.54, 1.807) is 25.1 Å². The highest BCUT2D eigenvalue weighted by Crippen LogP contribution is 2.31. The van der Waals surface area contributed by atoms with Gasteiger partial charge in [0.1, 0.15) is 18.1 Å². The van der Waals surface area contributed by atoms with Crippen molar-refractivity contribution in [3.63, 3.8) is 0 Å². The lowest BCUT2D eigenvalue weighted by Gasteiger charge is -2.09. The van der Waals surface area contributed by atoms with Crippen molar-refractivity contribution in [3.8, 4) is 23.0 Å². The molecule has 0 aliphatic rings. The first-order valence-electron chi connectivity index (χ1n) is 9.84. The molecule has 0 fully saturated rings. The highest BCUT2D eigenvalue weighted by atomic mass is 19.4. The second-order valence-electron chi connectivity index (χ2n) is 6.81. The fraction of sp³-hybridized carbons (Fsp3) is 0.304. The highest BCUT2D eigenvalue weighted by Gasteiger charge is 2.30. The molecule has 0 saturated carbocycles. The standard InChI is InChI=1S/C20H16F3NO5.C3H8/c1-12-8-15(6-7-17(12)28-11-18(25)26)27-10-16-9-24-19(29-16)13-2-4-14(5-3-13)20(21,22)23;1-3-2/h2-9H,10-11H2,1H3,(H,25,26);3H2,1-2H3. The summed E-state index contributed by atoms with van der Waals surface area (Å²) in [7, 11) is 0. The maximum atomic E-state index is 12.6. The number of nitrogens with zero attached hydrogens (tertiary/aromatic N) is 1. The average Bonchev–Trinajstić information content (AvgIpc) is 3.20. The molecule has 3 aromatic rings. The molecule has 172 valence electrons. The fourth-order valence-corrected chi connectivity index (χ4v) is 2.48. The van der Waals surface area contributed by atoms with Crippen LogP contribution in [0, 0.1) is 6.92 Å². The number of halogens is 3. The van der Waals surface area contributed by atoms with Gasteiger partial charge in [0, 0.05) is 5.56 Å². The Morgan fingerprint density at radius 2 is 1.75 bits per heavy atom. The second kappa shape index (κ2) is 11.2. The molecule has 0 amide bonds. The third kappa shape index (κ3) is 7.33. The fourth-order valence-electron chi connectivity index (χ4n) is 2.48. The lowest BCUT2D eigenvalue weighted by atomic mass is 10.1. The van der Waals surface area contributed by atoms with Crippen molar-refractivity contribution >= 4 is 5.97 Å². The van der Waals surface area contributed by atoms with Crippen molar-refractivity contribution in [3.05, 3.63) is 65.5 Å². The van der Waals surface area contributed by atoms with E-state index in [0.29, 0.717) is 28.4 Å². The van der Waals surface area contributed by atoms with Crippen molar-refractivity contribution in [1.29, 1.82) is 0 Å². The van der Waals surface area contributed by atoms with E-state index < -0.39 is 24.3 Å². The Kier molecular flexibility index (Phi) is 8.69. The zero-order valence-corrected chi connectivity index (χ0v) is 17.9. The van der Waals surface area contributed by atoms with Gasteiger partial charge in [-0.25, -0.2) is 9.78 Å². The number of hydrogen-bond acceptors (Lipinski definition) is 5. The lowest BCUT2D eigenvalue weighted by Crippen LogP contribution is -2.10. The summed E-state index contributed by atoms with van der Waals surface area (Å²) in [5.74, 6) is 0.454. The van der Waals surface area contributed by atoms with Gasteiger partial charge in [0.15, 0.2) is 12.4 Å². The molecule has 0 aliphatic carbocycles. The number of carboxylic acid groups (broad SMARTS) is 1. The Morgan fingerprint density at radius 1 is 1.09 bits per heavy atom. The number of aryl methyl sites for hydroxylation is 1. The Bertz CT molecular complexity index is 1010. The minimum absolute atomic E-state index is 0.0579. The quantitative estimate of drug-likeness (QED) is 0.466. The molecule has 9 heteroatoms. The van der Waals surface area contributed by atoms with Gasteiger partial charge in [-0.15, -0.1) is 0 Å². The summed E-state index contributed by atoms with van der Waals surface area (Å²) >= 11 is 0. The predicted octanol–water partition coefficient (Wildman–Crippen LogP) is 6.13. The van der Waals surface area contributed by atoms with Crippen LogP contribution in [0.4, 0.5) is 13.2 Å². The molecule has 6 nitrogen and oxygen atoms in total. The van der Waals surface area contributed by atoms with Crippen molar-refractivity contribution < 1.29 is 37.0 Å². The van der Waals surface area contributed by atoms with E-state index in [-0.39, 0.29) is 12.5 Å². The van der Waals surface area contributed by atoms with Crippen LogP contribution in [0.1, 0.15) is 37.2 Å². The lowest BCUT2D eigenvalue weighted by molar-refractivity contribution is -0.139. The van der Waals surface area contributed by atoms with Crippen molar-refractivity contribution in [1.82, 2.24) is 4.98 Å². The van der Waals surface area contributed by atoms with Crippen LogP contribution in [-0.2, 0) is 17.6 Å². The first-order chi connectivity index (χ1) is 15.1. The van der Waals surface area contributed by atoms with Crippen LogP contribution in [0.3, 0.4) is 0 Å². The molecule has 0 atom stereocenters. The van der Waals surface area contributed by atoms with Crippen LogP contribution in [-0.4, -0.2) is 22.7 Å². The molecule has 1 aromatic heterocycles. The van der Waals surface area contributed by atoms with Gasteiger partial charge in [0.05, 0.1) is 11.8 Å². The number of rotatable bonds is 7. The number of aliphatic carboxylic acids is 1. The van der Waals surface area contributed by atoms with Gasteiger partial charge in [-0.3, -0.25) is 0 Å². The number of oxazole rings is 1. The maximum absolute atomic E-state index is 12.6. The second-order valence-corrected chi connectivity index (χ2v) is 6.81. The molecule has 2 aromatic carbocycles. The molecule has 32 heavy (non-hydrogen) atoms. The molecule has 0 radical (unpaired) electrons. The van der Waals surface area contributed by atoms with Gasteiger partial charge in [-0.2, -0.15) is 13.2 Å². The van der Waals surface area contributed by atoms with Crippen LogP contribution < -0.4 is 9.47 Å². The van der Waals surface area contributed by atoms with E-state index in [0.717, 1.165) is 12.1 Å². The third-order valence-electron chi connectivity index (χ3n) is 3.89. The highest BCUT2D eigenvalue weighted by molar-refractivity contribution is 5.68. The number of carbonyl (C=O) groups is 1. The zero-order valence-electron chi connectivity index (χ0n) is 17.9. The summed E-state index contributed by atoms with van der Waals surface area (Å²) in [5, 5.41) is 8.65. The zero-order chi connectivity index (χ0) is 23.7. The summed E-state index contributed by atoms with van der Waals surface area (Å²) < 4.78 is 54.2. The van der Waals surface area contributed by atoms with Crippen LogP contribution in [0.2, 0.25) is 0 Å². The van der Waals surface area contributed by atoms with Crippen molar-refractivity contribution in [2.75, 3.05) is 6.61 Å². The van der Waals surface area contributed by atoms with Gasteiger partial charge in [0.2, 0.25) is 5.89 Å². The first kappa shape index (κ1) is 24.8. The van der Waals surface area contributed by atoms with Gasteiger partial charge < -0.3 is 19.0 Å². The number of alkyl halides is 3. The van der Waals surface area contributed by atoms with E-state index in [4.69, 9.17) is 19.0 Å². The Hall–Kier alpha value is -3.49. The average molecular weight is 451 g/mol. The van der Waals surface area contributed by atoms with Crippen LogP contribution in [0.15, 0.2) is 53.1 Å². The summed E-state index contributed by atoms with van der Waals surface area (Å²) in [6, 6.07) is 9.42. The number of carboxylic acids is 1. The van der Waals surface area contributed by atoms with Gasteiger partial charge >= 0.3 is 12.1 Å². The monoisotopic (exact) mass is 451 g/mol. The smallest absolute Gasteiger partial charge is 0.416 e. The molecule has 0 bridgehead atoms. The van der Waals surface area contributed by atoms with Crippen LogP contribution >= 0.6 is 0 Å². The number of ether oxygens (including phenoxy) is 2. The number of aromatic nitrogens is 1. The molecule has 0 spiro atoms. The number of hydrogen-bond donors (Lipinski definition) is 1. The Morgan fingerprint density at radius 3 is 2.31 bits per heavy atom. The molecule has 0 unspecified atom stereocenters. The normalized spacial score (nSPS) is 10.8. The van der Waals surface area contributed by atoms with Gasteiger partial charge in [-0.05, 0) is 55.0 Å². The third-order valence-corrected chi connectivity index (χ3v) is 3.89. The molecular formula is C23H24F3NO5. The summed E-state index contributed by atoms with van der Waals surface area (Å²) in [6.07, 6.45) is -1.72. The molecular weight excluding hydrogens is 427 g/mol. The molecule has 3 rings (SSSR count). The topological polar surface area (TPSA) is 81.8 Å². The summed E-state index contributed by atoms with van der Waals surface area (Å²) in [6.45, 7) is 5.62. The molecule has 1 N–H and O–H groups in total. The molecule has 1 heterocycles. The van der Waals surface area contributed by atoms with Gasteiger partial charge in [-0.1, -0.05) is 20.3 Å². The van der Waals surface area contributed by atoms with E-state index in [2.05, 4.69) is 18.8 Å². The maximum Gasteiger partial charge on any atom is 0.416 e. The Labute approximate surface area is 183 Å². The van der Waals surface area contributed by atoms with E-state index >= 15 is 0 Å². The SMILES string of the molecule is CCC.Cc1cc(OCc2cnc(-c3ccc(C(F)(F)F)cc3)o2)ccc1OCC(=O)O. The van der Waals surface area contributed by atoms with E-state index in [1.807, 2.05) is 0 Å². The van der Waals surface area contributed by atoms with Crippen LogP contribution in [0.5, 0.6) is 11.5 Å². The van der Waals surface area contributed by atoms with Crippen molar-refractivity contribution in [2.45, 2.75) is 40.0 Å². The minimum Gasteiger partial charge on any atom is -0.486 e. The largest absolute Gasteiger partial charge is 0.486 e. The summed E-state index contributed by atoms with van der Waals surface area (Å²) in [5.41, 5.74) is 0.370.